The molecule has 0 amide bonds. The fourth-order valence-electron chi connectivity index (χ4n) is 1.21. The van der Waals surface area contributed by atoms with E-state index in [9.17, 15) is 19.4 Å². The van der Waals surface area contributed by atoms with Crippen molar-refractivity contribution in [3.63, 3.8) is 0 Å². The van der Waals surface area contributed by atoms with Crippen LogP contribution in [0, 0.1) is 0 Å². The summed E-state index contributed by atoms with van der Waals surface area (Å²) in [5.41, 5.74) is 5.97. The molecule has 1 atom stereocenters. The third-order valence-electron chi connectivity index (χ3n) is 2.19. The Bertz CT molecular complexity index is 382. The molecule has 0 heterocycles. The summed E-state index contributed by atoms with van der Waals surface area (Å²) in [5, 5.41) is 0. The second-order valence-electron chi connectivity index (χ2n) is 3.55. The first kappa shape index (κ1) is 13.2. The first-order chi connectivity index (χ1) is 6.94. The molecule has 0 fully saturated rings. The van der Waals surface area contributed by atoms with Crippen LogP contribution in [0.1, 0.15) is 24.9 Å². The number of halogens is 5. The molecule has 1 aromatic rings. The second kappa shape index (κ2) is 3.10. The van der Waals surface area contributed by atoms with Crippen molar-refractivity contribution in [2.24, 2.45) is 5.73 Å². The number of benzene rings is 1. The zero-order chi connectivity index (χ0) is 12.7. The largest absolute Gasteiger partial charge is 0.324 e. The van der Waals surface area contributed by atoms with E-state index in [1.54, 1.807) is 6.92 Å². The predicted molar refractivity (Wildman–Crippen MR) is 55.1 cm³/mol. The van der Waals surface area contributed by atoms with Gasteiger partial charge in [-0.1, -0.05) is 38.5 Å². The van der Waals surface area contributed by atoms with E-state index in [1.165, 1.54) is 0 Å². The molecule has 0 aromatic heterocycles. The lowest BCUT2D eigenvalue weighted by molar-refractivity contribution is 0.364. The molecular weight excluding hydrogens is 249 g/mol. The topological polar surface area (TPSA) is 26.0 Å². The molecule has 0 aliphatic carbocycles. The summed E-state index contributed by atoms with van der Waals surface area (Å²) in [5.74, 6) is 0. The molecule has 94 valence electrons. The van der Waals surface area contributed by atoms with E-state index in [2.05, 4.69) is 0 Å². The fraction of sp³-hybridized carbons (Fsp3) is 0.333. The van der Waals surface area contributed by atoms with Gasteiger partial charge in [0.1, 0.15) is 4.90 Å². The van der Waals surface area contributed by atoms with Gasteiger partial charge in [0.15, 0.2) is 0 Å². The Hall–Kier alpha value is -0.820. The first-order valence-electron chi connectivity index (χ1n) is 4.53. The van der Waals surface area contributed by atoms with Crippen molar-refractivity contribution < 1.29 is 19.4 Å². The Morgan fingerprint density at radius 3 is 1.81 bits per heavy atom. The van der Waals surface area contributed by atoms with E-state index in [-0.39, 0.29) is 0 Å². The van der Waals surface area contributed by atoms with E-state index in [0.717, 1.165) is 12.1 Å². The summed E-state index contributed by atoms with van der Waals surface area (Å²) in [6.07, 6.45) is 0.524. The van der Waals surface area contributed by atoms with Gasteiger partial charge in [-0.2, -0.15) is 0 Å². The summed E-state index contributed by atoms with van der Waals surface area (Å²) < 4.78 is 61.7. The second-order valence-corrected chi connectivity index (χ2v) is 5.96. The summed E-state index contributed by atoms with van der Waals surface area (Å²) in [4.78, 5) is -1.88. The van der Waals surface area contributed by atoms with Crippen molar-refractivity contribution in [3.8, 4) is 0 Å². The maximum Gasteiger partial charge on any atom is 0.310 e. The van der Waals surface area contributed by atoms with Crippen molar-refractivity contribution in [1.82, 2.24) is 0 Å². The smallest absolute Gasteiger partial charge is 0.310 e. The third-order valence-corrected chi connectivity index (χ3v) is 3.36. The molecule has 0 aliphatic heterocycles. The van der Waals surface area contributed by atoms with Gasteiger partial charge in [0.25, 0.3) is 0 Å². The maximum atomic E-state index is 12.3. The molecule has 1 aromatic carbocycles. The number of nitrogens with two attached hydrogens (primary N) is 1. The fourth-order valence-corrected chi connectivity index (χ4v) is 1.86. The predicted octanol–water partition coefficient (Wildman–Crippen LogP) is 4.75. The molecule has 0 aliphatic rings. The Labute approximate surface area is 90.2 Å². The molecular formula is C9H12F5NS. The van der Waals surface area contributed by atoms with E-state index >= 15 is 0 Å². The number of hydrogen-bond acceptors (Lipinski definition) is 1. The average molecular weight is 261 g/mol. The van der Waals surface area contributed by atoms with Gasteiger partial charge in [-0.3, -0.25) is 0 Å². The quantitative estimate of drug-likeness (QED) is 0.780. The van der Waals surface area contributed by atoms with Gasteiger partial charge in [0, 0.05) is 6.04 Å². The van der Waals surface area contributed by atoms with Gasteiger partial charge in [-0.15, -0.1) is 0 Å². The lowest BCUT2D eigenvalue weighted by atomic mass is 10.1. The number of rotatable bonds is 3. The van der Waals surface area contributed by atoms with Crippen molar-refractivity contribution in [1.29, 1.82) is 0 Å². The maximum absolute atomic E-state index is 12.3. The summed E-state index contributed by atoms with van der Waals surface area (Å²) in [6.45, 7) is 1.75. The van der Waals surface area contributed by atoms with Crippen molar-refractivity contribution in [2.75, 3.05) is 0 Å². The molecule has 0 spiro atoms. The van der Waals surface area contributed by atoms with Crippen LogP contribution in [0.5, 0.6) is 0 Å². The number of hydrogen-bond donors (Lipinski definition) is 1. The molecule has 2 N–H and O–H groups in total. The van der Waals surface area contributed by atoms with Crippen LogP contribution < -0.4 is 5.73 Å². The molecule has 0 saturated heterocycles. The van der Waals surface area contributed by atoms with Crippen LogP contribution in [-0.2, 0) is 0 Å². The zero-order valence-corrected chi connectivity index (χ0v) is 9.29. The lowest BCUT2D eigenvalue weighted by Gasteiger charge is -2.40. The van der Waals surface area contributed by atoms with Crippen molar-refractivity contribution >= 4 is 10.2 Å². The van der Waals surface area contributed by atoms with Crippen LogP contribution in [0.2, 0.25) is 0 Å². The van der Waals surface area contributed by atoms with Crippen LogP contribution in [0.4, 0.5) is 19.4 Å². The zero-order valence-electron chi connectivity index (χ0n) is 8.47. The van der Waals surface area contributed by atoms with Crippen LogP contribution in [-0.4, -0.2) is 0 Å². The van der Waals surface area contributed by atoms with Crippen LogP contribution in [0.15, 0.2) is 29.2 Å². The summed E-state index contributed by atoms with van der Waals surface area (Å²) in [6, 6.07) is 2.30. The van der Waals surface area contributed by atoms with Gasteiger partial charge >= 0.3 is 10.2 Å². The first-order valence-corrected chi connectivity index (χ1v) is 6.49. The summed E-state index contributed by atoms with van der Waals surface area (Å²) in [7, 11) is -9.54. The molecule has 16 heavy (non-hydrogen) atoms. The molecule has 1 rings (SSSR count). The van der Waals surface area contributed by atoms with Gasteiger partial charge in [-0.25, -0.2) is 0 Å². The van der Waals surface area contributed by atoms with Crippen LogP contribution in [0.25, 0.3) is 0 Å². The van der Waals surface area contributed by atoms with Crippen molar-refractivity contribution in [2.45, 2.75) is 24.3 Å². The molecule has 7 heteroatoms. The monoisotopic (exact) mass is 261 g/mol. The third kappa shape index (κ3) is 3.08. The summed E-state index contributed by atoms with van der Waals surface area (Å²) >= 11 is 0. The molecule has 0 saturated carbocycles. The SMILES string of the molecule is CCC(N)c1ccc(S(F)(F)(F)(F)F)cc1. The molecule has 1 nitrogen and oxygen atoms in total. The molecule has 1 unspecified atom stereocenters. The Balaban J connectivity index is 3.16. The Morgan fingerprint density at radius 1 is 1.06 bits per heavy atom. The van der Waals surface area contributed by atoms with Crippen molar-refractivity contribution in [3.05, 3.63) is 29.8 Å². The van der Waals surface area contributed by atoms with Crippen LogP contribution >= 0.6 is 10.2 Å². The van der Waals surface area contributed by atoms with Gasteiger partial charge in [0.2, 0.25) is 0 Å². The lowest BCUT2D eigenvalue weighted by Crippen LogP contribution is -2.10. The van der Waals surface area contributed by atoms with E-state index in [1.807, 2.05) is 0 Å². The van der Waals surface area contributed by atoms with Gasteiger partial charge in [-0.05, 0) is 24.1 Å². The standard InChI is InChI=1S/C9H12F5NS/c1-2-9(15)7-3-5-8(6-4-7)16(10,11,12,13)14/h3-6,9H,2,15H2,1H3. The Kier molecular flexibility index (Phi) is 2.57. The van der Waals surface area contributed by atoms with Gasteiger partial charge in [0.05, 0.1) is 0 Å². The minimum atomic E-state index is -9.54. The average Bonchev–Trinajstić information content (AvgIpc) is 2.13. The van der Waals surface area contributed by atoms with E-state index in [0.29, 0.717) is 24.1 Å². The van der Waals surface area contributed by atoms with E-state index in [4.69, 9.17) is 5.73 Å². The minimum Gasteiger partial charge on any atom is -0.324 e. The highest BCUT2D eigenvalue weighted by molar-refractivity contribution is 8.45. The molecule has 0 radical (unpaired) electrons. The van der Waals surface area contributed by atoms with Gasteiger partial charge < -0.3 is 5.73 Å². The van der Waals surface area contributed by atoms with E-state index < -0.39 is 21.2 Å². The minimum absolute atomic E-state index is 0.381. The highest BCUT2D eigenvalue weighted by Gasteiger charge is 2.65. The normalized spacial score (nSPS) is 18.7. The Morgan fingerprint density at radius 2 is 1.50 bits per heavy atom. The van der Waals surface area contributed by atoms with Crippen LogP contribution in [0.3, 0.4) is 0 Å². The molecule has 0 bridgehead atoms. The highest BCUT2D eigenvalue weighted by atomic mass is 32.5. The highest BCUT2D eigenvalue weighted by Crippen LogP contribution is 3.02.